The molecule has 0 fully saturated rings. The second-order valence-corrected chi connectivity index (χ2v) is 12.9. The first-order chi connectivity index (χ1) is 15.8. The molecule has 6 heterocycles. The summed E-state index contributed by atoms with van der Waals surface area (Å²) >= 11 is 10.4. The van der Waals surface area contributed by atoms with Crippen molar-refractivity contribution in [1.29, 1.82) is 0 Å². The van der Waals surface area contributed by atoms with Crippen LogP contribution in [0.2, 0.25) is 0 Å². The molecule has 0 aliphatic rings. The molecule has 0 spiro atoms. The average molecular weight is 523 g/mol. The van der Waals surface area contributed by atoms with Crippen LogP contribution >= 0.6 is 68.0 Å². The van der Waals surface area contributed by atoms with Gasteiger partial charge in [-0.1, -0.05) is 34.8 Å². The Balaban J connectivity index is 1.20. The average Bonchev–Trinajstić information content (AvgIpc) is 3.62. The van der Waals surface area contributed by atoms with E-state index in [1.165, 1.54) is 29.3 Å². The molecule has 0 amide bonds. The van der Waals surface area contributed by atoms with Crippen molar-refractivity contribution < 1.29 is 0 Å². The lowest BCUT2D eigenvalue weighted by Gasteiger charge is -1.89. The number of nitrogens with zero attached hydrogens (tertiary/aromatic N) is 2. The quantitative estimate of drug-likeness (QED) is 0.218. The molecule has 156 valence electrons. The van der Waals surface area contributed by atoms with Crippen LogP contribution in [0.3, 0.4) is 0 Å². The minimum Gasteiger partial charge on any atom is -0.222 e. The normalized spacial score (nSPS) is 12.1. The molecule has 0 radical (unpaired) electrons. The lowest BCUT2D eigenvalue weighted by Crippen LogP contribution is -1.67. The number of hydrogen-bond donors (Lipinski definition) is 0. The van der Waals surface area contributed by atoms with Gasteiger partial charge < -0.3 is 0 Å². The summed E-state index contributed by atoms with van der Waals surface area (Å²) in [4.78, 5) is 19.2. The van der Waals surface area contributed by atoms with Crippen molar-refractivity contribution in [2.45, 2.75) is 0 Å². The third-order valence-corrected chi connectivity index (χ3v) is 10.7. The van der Waals surface area contributed by atoms with Crippen LogP contribution in [0.15, 0.2) is 59.3 Å². The van der Waals surface area contributed by atoms with Crippen molar-refractivity contribution in [2.75, 3.05) is 0 Å². The molecule has 0 unspecified atom stereocenters. The zero-order valence-corrected chi connectivity index (χ0v) is 21.3. The van der Waals surface area contributed by atoms with Crippen LogP contribution in [-0.4, -0.2) is 9.97 Å². The summed E-state index contributed by atoms with van der Waals surface area (Å²) in [6.07, 6.45) is 8.68. The Bertz CT molecular complexity index is 1380. The maximum atomic E-state index is 4.88. The Morgan fingerprint density at radius 2 is 0.969 bits per heavy atom. The Labute approximate surface area is 209 Å². The Morgan fingerprint density at radius 1 is 0.500 bits per heavy atom. The fraction of sp³-hybridized carbons (Fsp3) is 0. The van der Waals surface area contributed by atoms with Gasteiger partial charge in [-0.3, -0.25) is 0 Å². The number of hydrogen-bond acceptors (Lipinski definition) is 8. The van der Waals surface area contributed by atoms with Crippen LogP contribution in [0.5, 0.6) is 0 Å². The summed E-state index contributed by atoms with van der Waals surface area (Å²) in [5.41, 5.74) is 0. The van der Waals surface area contributed by atoms with Crippen molar-refractivity contribution in [1.82, 2.24) is 9.97 Å². The lowest BCUT2D eigenvalue weighted by atomic mass is 10.3. The van der Waals surface area contributed by atoms with E-state index in [1.807, 2.05) is 0 Å². The minimum absolute atomic E-state index is 1.02. The van der Waals surface area contributed by atoms with E-state index in [9.17, 15) is 0 Å². The summed E-state index contributed by atoms with van der Waals surface area (Å²) in [6.45, 7) is 0. The molecule has 0 aliphatic carbocycles. The predicted octanol–water partition coefficient (Wildman–Crippen LogP) is 9.67. The summed E-state index contributed by atoms with van der Waals surface area (Å²) in [6, 6.07) is 17.1. The second-order valence-electron chi connectivity index (χ2n) is 6.75. The van der Waals surface area contributed by atoms with Gasteiger partial charge in [-0.05, 0) is 71.5 Å². The number of aromatic nitrogens is 2. The molecule has 8 heteroatoms. The van der Waals surface area contributed by atoms with Crippen molar-refractivity contribution >= 4 is 102 Å². The number of thiazole rings is 2. The Kier molecular flexibility index (Phi) is 5.72. The summed E-state index contributed by atoms with van der Waals surface area (Å²) in [5, 5.41) is 6.30. The molecule has 0 aliphatic heterocycles. The third-order valence-electron chi connectivity index (χ3n) is 4.56. The van der Waals surface area contributed by atoms with E-state index in [-0.39, 0.29) is 0 Å². The van der Waals surface area contributed by atoms with Gasteiger partial charge in [0.1, 0.15) is 10.0 Å². The highest BCUT2D eigenvalue weighted by atomic mass is 32.1. The molecule has 0 atom stereocenters. The van der Waals surface area contributed by atoms with Crippen LogP contribution in [0.25, 0.3) is 53.7 Å². The van der Waals surface area contributed by atoms with Gasteiger partial charge in [-0.15, -0.1) is 45.3 Å². The summed E-state index contributed by atoms with van der Waals surface area (Å²) in [5.74, 6) is 0. The fourth-order valence-corrected chi connectivity index (χ4v) is 8.28. The minimum atomic E-state index is 1.02. The SMILES string of the molecule is C(=Cc1ccc(-c2nc3sc(-c4ccc(C=Cc5cccs5)s4)nc3s2)s1)c1cccs1. The molecule has 6 rings (SSSR count). The van der Waals surface area contributed by atoms with Crippen molar-refractivity contribution in [3.8, 4) is 19.8 Å². The van der Waals surface area contributed by atoms with Crippen LogP contribution in [-0.2, 0) is 0 Å². The summed E-state index contributed by atoms with van der Waals surface area (Å²) < 4.78 is 0. The molecular weight excluding hydrogens is 509 g/mol. The Morgan fingerprint density at radius 3 is 1.41 bits per heavy atom. The molecule has 0 saturated heterocycles. The van der Waals surface area contributed by atoms with Gasteiger partial charge in [0.25, 0.3) is 0 Å². The van der Waals surface area contributed by atoms with Crippen LogP contribution in [0.4, 0.5) is 0 Å². The van der Waals surface area contributed by atoms with Gasteiger partial charge in [0.15, 0.2) is 9.66 Å². The highest BCUT2D eigenvalue weighted by Gasteiger charge is 2.15. The third kappa shape index (κ3) is 4.34. The van der Waals surface area contributed by atoms with Crippen LogP contribution in [0.1, 0.15) is 19.5 Å². The smallest absolute Gasteiger partial charge is 0.155 e. The van der Waals surface area contributed by atoms with E-state index in [0.717, 1.165) is 19.7 Å². The van der Waals surface area contributed by atoms with Crippen LogP contribution in [0, 0.1) is 0 Å². The molecule has 0 N–H and O–H groups in total. The second kappa shape index (κ2) is 8.97. The molecule has 32 heavy (non-hydrogen) atoms. The van der Waals surface area contributed by atoms with Gasteiger partial charge in [0.05, 0.1) is 9.75 Å². The molecule has 6 aromatic rings. The van der Waals surface area contributed by atoms with E-state index >= 15 is 0 Å². The van der Waals surface area contributed by atoms with Gasteiger partial charge in [0.2, 0.25) is 0 Å². The topological polar surface area (TPSA) is 25.8 Å². The molecule has 6 aromatic heterocycles. The molecule has 2 nitrogen and oxygen atoms in total. The zero-order chi connectivity index (χ0) is 21.3. The molecule has 0 bridgehead atoms. The number of rotatable bonds is 6. The van der Waals surface area contributed by atoms with Gasteiger partial charge in [0, 0.05) is 19.5 Å². The monoisotopic (exact) mass is 522 g/mol. The molecule has 0 aromatic carbocycles. The van der Waals surface area contributed by atoms with Crippen molar-refractivity contribution in [3.05, 3.63) is 78.8 Å². The molecule has 0 saturated carbocycles. The highest BCUT2D eigenvalue weighted by Crippen LogP contribution is 2.40. The van der Waals surface area contributed by atoms with E-state index in [2.05, 4.69) is 83.6 Å². The standard InChI is InChI=1S/C24H14N2S6/c1-3-15(27-13-1)5-7-17-9-11-19(29-17)21-25-23-24(31-21)26-22(32-23)20-12-10-18(30-20)8-6-16-4-2-14-28-16/h1-14H. The van der Waals surface area contributed by atoms with Crippen molar-refractivity contribution in [3.63, 3.8) is 0 Å². The highest BCUT2D eigenvalue weighted by molar-refractivity contribution is 7.32. The van der Waals surface area contributed by atoms with Crippen LogP contribution < -0.4 is 0 Å². The van der Waals surface area contributed by atoms with E-state index in [1.54, 1.807) is 68.0 Å². The fourth-order valence-electron chi connectivity index (χ4n) is 3.07. The summed E-state index contributed by atoms with van der Waals surface area (Å²) in [7, 11) is 0. The molecular formula is C24H14N2S6. The Hall–Kier alpha value is -2.20. The van der Waals surface area contributed by atoms with Gasteiger partial charge >= 0.3 is 0 Å². The van der Waals surface area contributed by atoms with E-state index in [4.69, 9.17) is 9.97 Å². The number of thiophene rings is 4. The van der Waals surface area contributed by atoms with Crippen molar-refractivity contribution in [2.24, 2.45) is 0 Å². The number of fused-ring (bicyclic) bond motifs is 1. The zero-order valence-electron chi connectivity index (χ0n) is 16.4. The largest absolute Gasteiger partial charge is 0.222 e. The van der Waals surface area contributed by atoms with E-state index in [0.29, 0.717) is 0 Å². The maximum Gasteiger partial charge on any atom is 0.155 e. The first-order valence-corrected chi connectivity index (χ1v) is 14.7. The van der Waals surface area contributed by atoms with Gasteiger partial charge in [-0.2, -0.15) is 0 Å². The van der Waals surface area contributed by atoms with E-state index < -0.39 is 0 Å². The lowest BCUT2D eigenvalue weighted by molar-refractivity contribution is 1.51. The first kappa shape index (κ1) is 20.4. The maximum absolute atomic E-state index is 4.88. The predicted molar refractivity (Wildman–Crippen MR) is 148 cm³/mol. The first-order valence-electron chi connectivity index (χ1n) is 9.71. The van der Waals surface area contributed by atoms with Gasteiger partial charge in [-0.25, -0.2) is 9.97 Å².